The van der Waals surface area contributed by atoms with E-state index in [1.165, 1.54) is 0 Å². The number of benzene rings is 1. The van der Waals surface area contributed by atoms with E-state index < -0.39 is 0 Å². The normalized spacial score (nSPS) is 21.9. The highest BCUT2D eigenvalue weighted by molar-refractivity contribution is 5.75. The maximum Gasteiger partial charge on any atom is 0.315 e. The first-order chi connectivity index (χ1) is 11.6. The van der Waals surface area contributed by atoms with Crippen LogP contribution in [0.4, 0.5) is 4.79 Å². The molecular formula is C19H29N3O2. The molecule has 2 amide bonds. The standard InChI is InChI=1S/C19H29N3O2/c1-14(2)13-22-10-7-15(8-11-22)20-19(23)21-17-9-12-24-18-6-4-3-5-16(17)18/h3-6,14-15,17H,7-13H2,1-2H3,(H2,20,21,23). The third-order valence-electron chi connectivity index (χ3n) is 4.81. The van der Waals surface area contributed by atoms with Crippen molar-refractivity contribution >= 4 is 6.03 Å². The minimum absolute atomic E-state index is 0.0379. The molecule has 1 aromatic carbocycles. The van der Waals surface area contributed by atoms with Gasteiger partial charge >= 0.3 is 6.03 Å². The predicted octanol–water partition coefficient (Wildman–Crippen LogP) is 2.93. The molecule has 1 aromatic rings. The lowest BCUT2D eigenvalue weighted by Gasteiger charge is -2.34. The molecule has 0 bridgehead atoms. The third-order valence-corrected chi connectivity index (χ3v) is 4.81. The summed E-state index contributed by atoms with van der Waals surface area (Å²) in [6, 6.07) is 8.21. The SMILES string of the molecule is CC(C)CN1CCC(NC(=O)NC2CCOc3ccccc32)CC1. The zero-order valence-electron chi connectivity index (χ0n) is 14.8. The maximum absolute atomic E-state index is 12.4. The minimum Gasteiger partial charge on any atom is -0.493 e. The van der Waals surface area contributed by atoms with Crippen molar-refractivity contribution in [1.82, 2.24) is 15.5 Å². The van der Waals surface area contributed by atoms with Gasteiger partial charge in [0.15, 0.2) is 0 Å². The number of hydrogen-bond acceptors (Lipinski definition) is 3. The molecule has 5 nitrogen and oxygen atoms in total. The fourth-order valence-corrected chi connectivity index (χ4v) is 3.65. The van der Waals surface area contributed by atoms with Crippen molar-refractivity contribution in [1.29, 1.82) is 0 Å². The number of rotatable bonds is 4. The van der Waals surface area contributed by atoms with Crippen LogP contribution in [0.1, 0.15) is 44.7 Å². The van der Waals surface area contributed by atoms with E-state index in [0.29, 0.717) is 12.5 Å². The molecule has 1 saturated heterocycles. The number of ether oxygens (including phenoxy) is 1. The van der Waals surface area contributed by atoms with Gasteiger partial charge in [-0.05, 0) is 24.8 Å². The molecule has 2 aliphatic heterocycles. The number of carbonyl (C=O) groups excluding carboxylic acids is 1. The van der Waals surface area contributed by atoms with Gasteiger partial charge in [-0.1, -0.05) is 32.0 Å². The second kappa shape index (κ2) is 7.88. The maximum atomic E-state index is 12.4. The van der Waals surface area contributed by atoms with Gasteiger partial charge in [-0.25, -0.2) is 4.79 Å². The van der Waals surface area contributed by atoms with Crippen LogP contribution in [0, 0.1) is 5.92 Å². The summed E-state index contributed by atoms with van der Waals surface area (Å²) in [6.45, 7) is 8.45. The van der Waals surface area contributed by atoms with Crippen LogP contribution in [0.15, 0.2) is 24.3 Å². The number of nitrogens with one attached hydrogen (secondary N) is 2. The van der Waals surface area contributed by atoms with E-state index in [-0.39, 0.29) is 18.1 Å². The Balaban J connectivity index is 1.47. The molecule has 24 heavy (non-hydrogen) atoms. The number of likely N-dealkylation sites (tertiary alicyclic amines) is 1. The Morgan fingerprint density at radius 2 is 1.96 bits per heavy atom. The van der Waals surface area contributed by atoms with Crippen molar-refractivity contribution in [3.63, 3.8) is 0 Å². The van der Waals surface area contributed by atoms with Gasteiger partial charge in [-0.15, -0.1) is 0 Å². The lowest BCUT2D eigenvalue weighted by molar-refractivity contribution is 0.176. The quantitative estimate of drug-likeness (QED) is 0.892. The van der Waals surface area contributed by atoms with E-state index in [2.05, 4.69) is 29.4 Å². The second-order valence-corrected chi connectivity index (χ2v) is 7.31. The molecule has 1 fully saturated rings. The summed E-state index contributed by atoms with van der Waals surface area (Å²) < 4.78 is 5.65. The van der Waals surface area contributed by atoms with Crippen LogP contribution in [0.5, 0.6) is 5.75 Å². The summed E-state index contributed by atoms with van der Waals surface area (Å²) in [5, 5.41) is 6.28. The van der Waals surface area contributed by atoms with Crippen molar-refractivity contribution in [3.05, 3.63) is 29.8 Å². The highest BCUT2D eigenvalue weighted by Gasteiger charge is 2.25. The first kappa shape index (κ1) is 17.1. The third kappa shape index (κ3) is 4.41. The Kier molecular flexibility index (Phi) is 5.61. The van der Waals surface area contributed by atoms with Gasteiger partial charge in [-0.3, -0.25) is 0 Å². The Morgan fingerprint density at radius 3 is 2.71 bits per heavy atom. The van der Waals surface area contributed by atoms with Gasteiger partial charge in [0.2, 0.25) is 0 Å². The zero-order chi connectivity index (χ0) is 16.9. The molecule has 2 heterocycles. The molecule has 0 radical (unpaired) electrons. The van der Waals surface area contributed by atoms with Crippen LogP contribution in [-0.2, 0) is 0 Å². The second-order valence-electron chi connectivity index (χ2n) is 7.31. The first-order valence-electron chi connectivity index (χ1n) is 9.13. The van der Waals surface area contributed by atoms with Gasteiger partial charge in [0.25, 0.3) is 0 Å². The summed E-state index contributed by atoms with van der Waals surface area (Å²) in [6.07, 6.45) is 2.88. The fraction of sp³-hybridized carbons (Fsp3) is 0.632. The minimum atomic E-state index is -0.0565. The van der Waals surface area contributed by atoms with Gasteiger partial charge < -0.3 is 20.3 Å². The molecule has 0 aliphatic carbocycles. The first-order valence-corrected chi connectivity index (χ1v) is 9.13. The van der Waals surface area contributed by atoms with E-state index in [9.17, 15) is 4.79 Å². The smallest absolute Gasteiger partial charge is 0.315 e. The van der Waals surface area contributed by atoms with E-state index in [1.54, 1.807) is 0 Å². The molecule has 3 rings (SSSR count). The number of nitrogens with zero attached hydrogens (tertiary/aromatic N) is 1. The summed E-state index contributed by atoms with van der Waals surface area (Å²) in [4.78, 5) is 14.9. The van der Waals surface area contributed by atoms with E-state index in [1.807, 2.05) is 24.3 Å². The number of hydrogen-bond donors (Lipinski definition) is 2. The van der Waals surface area contributed by atoms with Crippen molar-refractivity contribution in [3.8, 4) is 5.75 Å². The van der Waals surface area contributed by atoms with Crippen LogP contribution < -0.4 is 15.4 Å². The molecule has 2 N–H and O–H groups in total. The Bertz CT molecular complexity index is 553. The lowest BCUT2D eigenvalue weighted by Crippen LogP contribution is -2.49. The highest BCUT2D eigenvalue weighted by atomic mass is 16.5. The van der Waals surface area contributed by atoms with Crippen molar-refractivity contribution in [2.24, 2.45) is 5.92 Å². The van der Waals surface area contributed by atoms with Crippen molar-refractivity contribution in [2.75, 3.05) is 26.2 Å². The van der Waals surface area contributed by atoms with Crippen LogP contribution in [-0.4, -0.2) is 43.2 Å². The molecule has 0 spiro atoms. The molecule has 1 atom stereocenters. The highest BCUT2D eigenvalue weighted by Crippen LogP contribution is 2.31. The van der Waals surface area contributed by atoms with Gasteiger partial charge in [-0.2, -0.15) is 0 Å². The summed E-state index contributed by atoms with van der Waals surface area (Å²) in [7, 11) is 0. The summed E-state index contributed by atoms with van der Waals surface area (Å²) >= 11 is 0. The number of piperidine rings is 1. The zero-order valence-corrected chi connectivity index (χ0v) is 14.8. The Labute approximate surface area is 144 Å². The average molecular weight is 331 g/mol. The van der Waals surface area contributed by atoms with E-state index >= 15 is 0 Å². The molecule has 2 aliphatic rings. The number of fused-ring (bicyclic) bond motifs is 1. The number of amides is 2. The summed E-state index contributed by atoms with van der Waals surface area (Å²) in [5.74, 6) is 1.59. The van der Waals surface area contributed by atoms with Crippen LogP contribution in [0.2, 0.25) is 0 Å². The van der Waals surface area contributed by atoms with Crippen LogP contribution in [0.3, 0.4) is 0 Å². The fourth-order valence-electron chi connectivity index (χ4n) is 3.65. The lowest BCUT2D eigenvalue weighted by atomic mass is 10.0. The summed E-state index contributed by atoms with van der Waals surface area (Å²) in [5.41, 5.74) is 1.07. The monoisotopic (exact) mass is 331 g/mol. The molecule has 0 saturated carbocycles. The van der Waals surface area contributed by atoms with E-state index in [4.69, 9.17) is 4.74 Å². The number of carbonyl (C=O) groups is 1. The van der Waals surface area contributed by atoms with Crippen molar-refractivity contribution < 1.29 is 9.53 Å². The predicted molar refractivity (Wildman–Crippen MR) is 95.3 cm³/mol. The number of urea groups is 1. The Morgan fingerprint density at radius 1 is 1.21 bits per heavy atom. The van der Waals surface area contributed by atoms with Gasteiger partial charge in [0, 0.05) is 37.7 Å². The number of para-hydroxylation sites is 1. The average Bonchev–Trinajstić information content (AvgIpc) is 2.56. The molecule has 132 valence electrons. The van der Waals surface area contributed by atoms with Crippen LogP contribution >= 0.6 is 0 Å². The topological polar surface area (TPSA) is 53.6 Å². The molecular weight excluding hydrogens is 302 g/mol. The van der Waals surface area contributed by atoms with Gasteiger partial charge in [0.1, 0.15) is 5.75 Å². The molecule has 0 aromatic heterocycles. The Hall–Kier alpha value is -1.75. The van der Waals surface area contributed by atoms with Crippen molar-refractivity contribution in [2.45, 2.75) is 45.2 Å². The largest absolute Gasteiger partial charge is 0.493 e. The molecule has 5 heteroatoms. The van der Waals surface area contributed by atoms with Crippen LogP contribution in [0.25, 0.3) is 0 Å². The van der Waals surface area contributed by atoms with Gasteiger partial charge in [0.05, 0.1) is 12.6 Å². The van der Waals surface area contributed by atoms with E-state index in [0.717, 1.165) is 50.2 Å². The molecule has 1 unspecified atom stereocenters.